The second-order valence-corrected chi connectivity index (χ2v) is 6.96. The van der Waals surface area contributed by atoms with Gasteiger partial charge in [0.2, 0.25) is 5.91 Å². The lowest BCUT2D eigenvalue weighted by molar-refractivity contribution is -0.116. The minimum atomic E-state index is -3.36. The molecule has 1 aliphatic heterocycles. The van der Waals surface area contributed by atoms with E-state index in [1.165, 1.54) is 36.2 Å². The molecule has 1 saturated heterocycles. The molecule has 1 fully saturated rings. The quantitative estimate of drug-likeness (QED) is 0.618. The number of aromatic hydroxyl groups is 1. The summed E-state index contributed by atoms with van der Waals surface area (Å²) in [6.45, 7) is 0. The third-order valence-electron chi connectivity index (χ3n) is 2.36. The number of phenolic OH excluding ortho intramolecular Hbond substituents is 1. The lowest BCUT2D eigenvalue weighted by Crippen LogP contribution is -2.19. The van der Waals surface area contributed by atoms with Gasteiger partial charge in [0.1, 0.15) is 5.75 Å². The van der Waals surface area contributed by atoms with Crippen LogP contribution < -0.4 is 5.32 Å². The van der Waals surface area contributed by atoms with Crippen molar-refractivity contribution in [2.45, 2.75) is 4.90 Å². The highest BCUT2D eigenvalue weighted by Crippen LogP contribution is 2.19. The van der Waals surface area contributed by atoms with Gasteiger partial charge in [-0.15, -0.1) is 5.10 Å². The molecule has 1 amide bonds. The molecule has 106 valence electrons. The zero-order valence-electron chi connectivity index (χ0n) is 10.4. The SMILES string of the molecule is CS(=O)(=O)c1ccc(O)c(C=NN=C2NC(=O)CS2)c1. The van der Waals surface area contributed by atoms with Crippen LogP contribution in [0.3, 0.4) is 0 Å². The zero-order valence-corrected chi connectivity index (χ0v) is 12.0. The molecule has 7 nitrogen and oxygen atoms in total. The van der Waals surface area contributed by atoms with Gasteiger partial charge in [0.05, 0.1) is 16.9 Å². The minimum Gasteiger partial charge on any atom is -0.507 e. The van der Waals surface area contributed by atoms with Gasteiger partial charge < -0.3 is 10.4 Å². The van der Waals surface area contributed by atoms with Crippen LogP contribution in [0.25, 0.3) is 0 Å². The second-order valence-electron chi connectivity index (χ2n) is 3.98. The number of amidine groups is 1. The fourth-order valence-electron chi connectivity index (χ4n) is 1.39. The Kier molecular flexibility index (Phi) is 4.09. The van der Waals surface area contributed by atoms with Crippen LogP contribution >= 0.6 is 11.8 Å². The molecule has 2 N–H and O–H groups in total. The molecule has 0 aromatic heterocycles. The number of carbonyl (C=O) groups is 1. The van der Waals surface area contributed by atoms with E-state index in [2.05, 4.69) is 15.5 Å². The Morgan fingerprint density at radius 3 is 2.80 bits per heavy atom. The van der Waals surface area contributed by atoms with Crippen molar-refractivity contribution in [3.05, 3.63) is 23.8 Å². The first-order chi connectivity index (χ1) is 9.36. The lowest BCUT2D eigenvalue weighted by atomic mass is 10.2. The van der Waals surface area contributed by atoms with E-state index in [9.17, 15) is 18.3 Å². The van der Waals surface area contributed by atoms with E-state index in [4.69, 9.17) is 0 Å². The number of phenols is 1. The molecule has 1 aliphatic rings. The first-order valence-corrected chi connectivity index (χ1v) is 8.31. The van der Waals surface area contributed by atoms with Crippen LogP contribution in [-0.4, -0.2) is 42.8 Å². The van der Waals surface area contributed by atoms with Crippen LogP contribution in [-0.2, 0) is 14.6 Å². The van der Waals surface area contributed by atoms with Gasteiger partial charge in [-0.25, -0.2) is 8.42 Å². The van der Waals surface area contributed by atoms with Gasteiger partial charge in [-0.2, -0.15) is 5.10 Å². The molecule has 0 spiro atoms. The van der Waals surface area contributed by atoms with E-state index in [0.29, 0.717) is 10.9 Å². The van der Waals surface area contributed by atoms with Crippen molar-refractivity contribution < 1.29 is 18.3 Å². The highest BCUT2D eigenvalue weighted by atomic mass is 32.2. The van der Waals surface area contributed by atoms with Crippen LogP contribution in [0.1, 0.15) is 5.56 Å². The third-order valence-corrected chi connectivity index (χ3v) is 4.33. The van der Waals surface area contributed by atoms with E-state index in [1.807, 2.05) is 0 Å². The summed E-state index contributed by atoms with van der Waals surface area (Å²) in [6, 6.07) is 3.88. The Bertz CT molecular complexity index is 710. The minimum absolute atomic E-state index is 0.0768. The topological polar surface area (TPSA) is 108 Å². The molecule has 0 unspecified atom stereocenters. The summed E-state index contributed by atoms with van der Waals surface area (Å²) in [5.74, 6) is 0.0405. The Balaban J connectivity index is 2.23. The highest BCUT2D eigenvalue weighted by molar-refractivity contribution is 8.15. The Morgan fingerprint density at radius 1 is 1.45 bits per heavy atom. The highest BCUT2D eigenvalue weighted by Gasteiger charge is 2.16. The van der Waals surface area contributed by atoms with Crippen molar-refractivity contribution in [2.75, 3.05) is 12.0 Å². The molecule has 0 radical (unpaired) electrons. The maximum absolute atomic E-state index is 11.4. The predicted octanol–water partition coefficient (Wildman–Crippen LogP) is 0.349. The summed E-state index contributed by atoms with van der Waals surface area (Å²) >= 11 is 1.21. The molecule has 1 heterocycles. The number of hydrogen-bond acceptors (Lipinski definition) is 7. The number of hydrogen-bond donors (Lipinski definition) is 2. The van der Waals surface area contributed by atoms with Crippen LogP contribution in [0.15, 0.2) is 33.3 Å². The van der Waals surface area contributed by atoms with Gasteiger partial charge in [0.25, 0.3) is 0 Å². The molecule has 0 atom stereocenters. The van der Waals surface area contributed by atoms with Gasteiger partial charge >= 0.3 is 0 Å². The van der Waals surface area contributed by atoms with Crippen LogP contribution in [0, 0.1) is 0 Å². The summed E-state index contributed by atoms with van der Waals surface area (Å²) in [4.78, 5) is 11.0. The largest absolute Gasteiger partial charge is 0.507 e. The van der Waals surface area contributed by atoms with Gasteiger partial charge in [-0.1, -0.05) is 11.8 Å². The van der Waals surface area contributed by atoms with E-state index in [0.717, 1.165) is 6.26 Å². The second kappa shape index (κ2) is 5.63. The van der Waals surface area contributed by atoms with Crippen molar-refractivity contribution in [2.24, 2.45) is 10.2 Å². The number of nitrogens with one attached hydrogen (secondary N) is 1. The Morgan fingerprint density at radius 2 is 2.20 bits per heavy atom. The Labute approximate surface area is 119 Å². The average molecular weight is 313 g/mol. The fourth-order valence-corrected chi connectivity index (χ4v) is 2.68. The summed E-state index contributed by atoms with van der Waals surface area (Å²) in [7, 11) is -3.36. The number of sulfone groups is 1. The number of rotatable bonds is 3. The molecular weight excluding hydrogens is 302 g/mol. The van der Waals surface area contributed by atoms with Crippen LogP contribution in [0.4, 0.5) is 0 Å². The Hall–Kier alpha value is -1.87. The summed E-state index contributed by atoms with van der Waals surface area (Å²) in [5.41, 5.74) is 0.228. The number of benzene rings is 1. The van der Waals surface area contributed by atoms with E-state index in [-0.39, 0.29) is 22.1 Å². The summed E-state index contributed by atoms with van der Waals surface area (Å²) < 4.78 is 22.8. The van der Waals surface area contributed by atoms with E-state index >= 15 is 0 Å². The standard InChI is InChI=1S/C11H11N3O4S2/c1-20(17,18)8-2-3-9(15)7(4-8)5-12-14-11-13-10(16)6-19-11/h2-5,15H,6H2,1H3,(H,13,14,16). The molecule has 9 heteroatoms. The van der Waals surface area contributed by atoms with Gasteiger partial charge in [-0.05, 0) is 18.2 Å². The van der Waals surface area contributed by atoms with Crippen molar-refractivity contribution in [1.82, 2.24) is 5.32 Å². The molecule has 20 heavy (non-hydrogen) atoms. The number of nitrogens with zero attached hydrogens (tertiary/aromatic N) is 2. The first-order valence-electron chi connectivity index (χ1n) is 5.43. The molecule has 2 rings (SSSR count). The zero-order chi connectivity index (χ0) is 14.8. The number of thioether (sulfide) groups is 1. The summed E-state index contributed by atoms with van der Waals surface area (Å²) in [5, 5.41) is 20.0. The molecule has 1 aromatic rings. The van der Waals surface area contributed by atoms with Gasteiger partial charge in [-0.3, -0.25) is 4.79 Å². The first kappa shape index (κ1) is 14.5. The fraction of sp³-hybridized carbons (Fsp3) is 0.182. The van der Waals surface area contributed by atoms with Crippen molar-refractivity contribution in [3.63, 3.8) is 0 Å². The average Bonchev–Trinajstić information content (AvgIpc) is 2.76. The third kappa shape index (κ3) is 3.58. The smallest absolute Gasteiger partial charge is 0.236 e. The van der Waals surface area contributed by atoms with Crippen LogP contribution in [0.5, 0.6) is 5.75 Å². The maximum Gasteiger partial charge on any atom is 0.236 e. The molecule has 0 aliphatic carbocycles. The molecule has 0 saturated carbocycles. The van der Waals surface area contributed by atoms with Crippen molar-refractivity contribution in [1.29, 1.82) is 0 Å². The predicted molar refractivity (Wildman–Crippen MR) is 76.8 cm³/mol. The van der Waals surface area contributed by atoms with Crippen molar-refractivity contribution >= 4 is 38.9 Å². The maximum atomic E-state index is 11.4. The monoisotopic (exact) mass is 313 g/mol. The van der Waals surface area contributed by atoms with Gasteiger partial charge in [0.15, 0.2) is 15.0 Å². The van der Waals surface area contributed by atoms with Crippen molar-refractivity contribution in [3.8, 4) is 5.75 Å². The number of amides is 1. The normalized spacial score (nSPS) is 17.9. The summed E-state index contributed by atoms with van der Waals surface area (Å²) in [6.07, 6.45) is 2.30. The molecule has 0 bridgehead atoms. The van der Waals surface area contributed by atoms with E-state index < -0.39 is 9.84 Å². The van der Waals surface area contributed by atoms with E-state index in [1.54, 1.807) is 0 Å². The number of carbonyl (C=O) groups excluding carboxylic acids is 1. The lowest BCUT2D eigenvalue weighted by Gasteiger charge is -2.01. The van der Waals surface area contributed by atoms with Gasteiger partial charge in [0, 0.05) is 11.8 Å². The molecule has 1 aromatic carbocycles. The molecular formula is C11H11N3O4S2. The van der Waals surface area contributed by atoms with Crippen LogP contribution in [0.2, 0.25) is 0 Å².